The lowest BCUT2D eigenvalue weighted by Gasteiger charge is -2.13. The zero-order valence-electron chi connectivity index (χ0n) is 18.9. The highest BCUT2D eigenvalue weighted by atomic mass is 32.2. The number of benzene rings is 2. The van der Waals surface area contributed by atoms with Gasteiger partial charge in [-0.3, -0.25) is 4.68 Å². The molecule has 0 amide bonds. The summed E-state index contributed by atoms with van der Waals surface area (Å²) in [6.07, 6.45) is 4.06. The molecule has 168 valence electrons. The molecule has 0 fully saturated rings. The summed E-state index contributed by atoms with van der Waals surface area (Å²) in [5.41, 5.74) is 4.55. The van der Waals surface area contributed by atoms with Gasteiger partial charge < -0.3 is 4.74 Å². The predicted octanol–water partition coefficient (Wildman–Crippen LogP) is 4.71. The van der Waals surface area contributed by atoms with Crippen molar-refractivity contribution in [3.8, 4) is 17.0 Å². The molecule has 0 saturated heterocycles. The van der Waals surface area contributed by atoms with Crippen molar-refractivity contribution in [2.75, 3.05) is 7.11 Å². The summed E-state index contributed by atoms with van der Waals surface area (Å²) in [6.45, 7) is 3.96. The van der Waals surface area contributed by atoms with Crippen molar-refractivity contribution in [1.29, 1.82) is 0 Å². The van der Waals surface area contributed by atoms with E-state index in [4.69, 9.17) is 4.74 Å². The summed E-state index contributed by atoms with van der Waals surface area (Å²) in [4.78, 5) is 4.84. The number of pyridine rings is 1. The predicted molar refractivity (Wildman–Crippen MR) is 129 cm³/mol. The van der Waals surface area contributed by atoms with E-state index >= 15 is 0 Å². The van der Waals surface area contributed by atoms with Crippen LogP contribution in [0.3, 0.4) is 0 Å². The van der Waals surface area contributed by atoms with Crippen LogP contribution < -0.4 is 4.74 Å². The molecule has 0 atom stereocenters. The molecule has 5 rings (SSSR count). The third kappa shape index (κ3) is 3.21. The number of nitrogens with zero attached hydrogens (tertiary/aromatic N) is 4. The van der Waals surface area contributed by atoms with Crippen molar-refractivity contribution in [1.82, 2.24) is 18.7 Å². The van der Waals surface area contributed by atoms with Crippen LogP contribution >= 0.6 is 0 Å². The minimum absolute atomic E-state index is 0.217. The standard InChI is InChI=1S/C25H24N4O3S/c1-5-21-22-24-18(15-27-28(24)3)14-26-25(22)29(23(21)17-8-10-19(32-4)11-9-17)33(30,31)20-12-6-16(2)7-13-20/h6-15H,5H2,1-4H3. The molecule has 0 N–H and O–H groups in total. The maximum atomic E-state index is 14.0. The lowest BCUT2D eigenvalue weighted by molar-refractivity contribution is 0.415. The zero-order valence-corrected chi connectivity index (χ0v) is 19.7. The fourth-order valence-electron chi connectivity index (χ4n) is 4.37. The molecular weight excluding hydrogens is 436 g/mol. The van der Waals surface area contributed by atoms with Crippen LogP contribution in [-0.4, -0.2) is 34.3 Å². The van der Waals surface area contributed by atoms with E-state index in [2.05, 4.69) is 10.1 Å². The first-order chi connectivity index (χ1) is 15.9. The van der Waals surface area contributed by atoms with E-state index in [0.29, 0.717) is 23.5 Å². The third-order valence-corrected chi connectivity index (χ3v) is 7.72. The van der Waals surface area contributed by atoms with Gasteiger partial charge in [-0.25, -0.2) is 17.4 Å². The molecule has 0 unspecified atom stereocenters. The summed E-state index contributed by atoms with van der Waals surface area (Å²) in [7, 11) is -0.471. The summed E-state index contributed by atoms with van der Waals surface area (Å²) in [5.74, 6) is 0.702. The van der Waals surface area contributed by atoms with E-state index < -0.39 is 10.0 Å². The molecule has 7 nitrogen and oxygen atoms in total. The lowest BCUT2D eigenvalue weighted by Crippen LogP contribution is -2.15. The van der Waals surface area contributed by atoms with E-state index in [1.807, 2.05) is 45.2 Å². The van der Waals surface area contributed by atoms with Crippen LogP contribution in [0.5, 0.6) is 5.75 Å². The molecule has 3 aromatic heterocycles. The Morgan fingerprint density at radius 3 is 2.33 bits per heavy atom. The second-order valence-corrected chi connectivity index (χ2v) is 9.81. The van der Waals surface area contributed by atoms with Crippen LogP contribution in [0.1, 0.15) is 18.1 Å². The quantitative estimate of drug-likeness (QED) is 0.380. The van der Waals surface area contributed by atoms with Gasteiger partial charge in [0.25, 0.3) is 10.0 Å². The Bertz CT molecular complexity index is 1600. The molecule has 0 radical (unpaired) electrons. The molecule has 0 aliphatic heterocycles. The van der Waals surface area contributed by atoms with E-state index in [9.17, 15) is 8.42 Å². The van der Waals surface area contributed by atoms with Gasteiger partial charge in [0.1, 0.15) is 5.75 Å². The van der Waals surface area contributed by atoms with Gasteiger partial charge in [-0.1, -0.05) is 24.6 Å². The first-order valence-electron chi connectivity index (χ1n) is 10.7. The van der Waals surface area contributed by atoms with Crippen LogP contribution in [0, 0.1) is 6.92 Å². The normalized spacial score (nSPS) is 12.0. The average Bonchev–Trinajstić information content (AvgIpc) is 3.37. The Kier molecular flexibility index (Phi) is 4.97. The molecule has 0 aliphatic rings. The first-order valence-corrected chi connectivity index (χ1v) is 12.1. The van der Waals surface area contributed by atoms with Crippen molar-refractivity contribution >= 4 is 32.0 Å². The number of hydrogen-bond acceptors (Lipinski definition) is 5. The van der Waals surface area contributed by atoms with Crippen LogP contribution in [0.2, 0.25) is 0 Å². The van der Waals surface area contributed by atoms with Gasteiger partial charge in [-0.15, -0.1) is 0 Å². The average molecular weight is 461 g/mol. The van der Waals surface area contributed by atoms with Crippen LogP contribution in [0.15, 0.2) is 65.8 Å². The largest absolute Gasteiger partial charge is 0.497 e. The maximum Gasteiger partial charge on any atom is 0.269 e. The van der Waals surface area contributed by atoms with Crippen molar-refractivity contribution < 1.29 is 13.2 Å². The highest BCUT2D eigenvalue weighted by Gasteiger charge is 2.30. The number of methoxy groups -OCH3 is 1. The van der Waals surface area contributed by atoms with Crippen LogP contribution in [0.4, 0.5) is 0 Å². The van der Waals surface area contributed by atoms with Crippen molar-refractivity contribution in [3.63, 3.8) is 0 Å². The van der Waals surface area contributed by atoms with Crippen LogP contribution in [0.25, 0.3) is 33.2 Å². The van der Waals surface area contributed by atoms with Gasteiger partial charge in [-0.05, 0) is 60.9 Å². The Balaban J connectivity index is 1.95. The Morgan fingerprint density at radius 1 is 1.00 bits per heavy atom. The molecule has 0 saturated carbocycles. The molecule has 8 heteroatoms. The number of rotatable bonds is 5. The summed E-state index contributed by atoms with van der Waals surface area (Å²) < 4.78 is 36.6. The van der Waals surface area contributed by atoms with Gasteiger partial charge in [0.15, 0.2) is 5.65 Å². The molecule has 0 spiro atoms. The maximum absolute atomic E-state index is 14.0. The van der Waals surface area contributed by atoms with Gasteiger partial charge in [-0.2, -0.15) is 5.10 Å². The van der Waals surface area contributed by atoms with E-state index in [1.54, 1.807) is 48.5 Å². The molecule has 5 aromatic rings. The lowest BCUT2D eigenvalue weighted by atomic mass is 10.0. The molecule has 0 aliphatic carbocycles. The Hall–Kier alpha value is -3.65. The fraction of sp³-hybridized carbons (Fsp3) is 0.200. The topological polar surface area (TPSA) is 79.0 Å². The van der Waals surface area contributed by atoms with Gasteiger partial charge in [0.05, 0.1) is 29.4 Å². The Morgan fingerprint density at radius 2 is 1.70 bits per heavy atom. The van der Waals surface area contributed by atoms with Crippen molar-refractivity contribution in [3.05, 3.63) is 72.1 Å². The summed E-state index contributed by atoms with van der Waals surface area (Å²) in [6, 6.07) is 14.3. The second-order valence-electron chi connectivity index (χ2n) is 8.02. The highest BCUT2D eigenvalue weighted by molar-refractivity contribution is 7.90. The monoisotopic (exact) mass is 460 g/mol. The fourth-order valence-corrected chi connectivity index (χ4v) is 5.88. The van der Waals surface area contributed by atoms with E-state index in [-0.39, 0.29) is 4.90 Å². The smallest absolute Gasteiger partial charge is 0.269 e. The number of fused-ring (bicyclic) bond motifs is 3. The molecule has 2 aromatic carbocycles. The first kappa shape index (κ1) is 21.2. The number of aryl methyl sites for hydroxylation is 3. The number of ether oxygens (including phenoxy) is 1. The zero-order chi connectivity index (χ0) is 23.3. The minimum atomic E-state index is -3.94. The van der Waals surface area contributed by atoms with E-state index in [1.165, 1.54) is 3.97 Å². The number of aromatic nitrogens is 4. The SMILES string of the molecule is CCc1c(-c2ccc(OC)cc2)n(S(=O)(=O)c2ccc(C)cc2)c2ncc3cnn(C)c3c12. The Labute approximate surface area is 192 Å². The van der Waals surface area contributed by atoms with Crippen molar-refractivity contribution in [2.45, 2.75) is 25.2 Å². The molecule has 3 heterocycles. The van der Waals surface area contributed by atoms with Gasteiger partial charge in [0.2, 0.25) is 0 Å². The van der Waals surface area contributed by atoms with E-state index in [0.717, 1.165) is 33.0 Å². The molecular formula is C25H24N4O3S. The summed E-state index contributed by atoms with van der Waals surface area (Å²) >= 11 is 0. The molecule has 0 bridgehead atoms. The van der Waals surface area contributed by atoms with Gasteiger partial charge >= 0.3 is 0 Å². The third-order valence-electron chi connectivity index (χ3n) is 6.01. The van der Waals surface area contributed by atoms with Gasteiger partial charge in [0, 0.05) is 24.0 Å². The second kappa shape index (κ2) is 7.74. The van der Waals surface area contributed by atoms with Crippen LogP contribution in [-0.2, 0) is 23.5 Å². The summed E-state index contributed by atoms with van der Waals surface area (Å²) in [5, 5.41) is 6.06. The minimum Gasteiger partial charge on any atom is -0.497 e. The highest BCUT2D eigenvalue weighted by Crippen LogP contribution is 2.39. The van der Waals surface area contributed by atoms with Crippen molar-refractivity contribution in [2.24, 2.45) is 7.05 Å². The number of hydrogen-bond donors (Lipinski definition) is 0. The molecule has 33 heavy (non-hydrogen) atoms.